The van der Waals surface area contributed by atoms with Gasteiger partial charge >= 0.3 is 0 Å². The van der Waals surface area contributed by atoms with Gasteiger partial charge in [-0.3, -0.25) is 9.59 Å². The van der Waals surface area contributed by atoms with Crippen LogP contribution in [0, 0.1) is 13.8 Å². The molecule has 0 aliphatic rings. The molecule has 3 aromatic rings. The summed E-state index contributed by atoms with van der Waals surface area (Å²) in [4.78, 5) is 26.5. The van der Waals surface area contributed by atoms with E-state index in [1.165, 1.54) is 11.8 Å². The molecule has 0 radical (unpaired) electrons. The van der Waals surface area contributed by atoms with Crippen molar-refractivity contribution in [2.75, 3.05) is 24.2 Å². The van der Waals surface area contributed by atoms with E-state index in [0.717, 1.165) is 16.8 Å². The zero-order valence-electron chi connectivity index (χ0n) is 18.1. The molecule has 1 aromatic heterocycles. The number of rotatable bonds is 8. The number of amides is 2. The number of aromatic nitrogens is 4. The lowest BCUT2D eigenvalue weighted by molar-refractivity contribution is -0.113. The van der Waals surface area contributed by atoms with Gasteiger partial charge < -0.3 is 10.2 Å². The molecule has 8 nitrogen and oxygen atoms in total. The molecule has 9 heteroatoms. The molecule has 3 rings (SSSR count). The van der Waals surface area contributed by atoms with Crippen LogP contribution in [0.3, 0.4) is 0 Å². The van der Waals surface area contributed by atoms with Crippen molar-refractivity contribution < 1.29 is 9.59 Å². The molecule has 2 aromatic carbocycles. The average Bonchev–Trinajstić information content (AvgIpc) is 3.24. The van der Waals surface area contributed by atoms with E-state index in [2.05, 4.69) is 20.8 Å². The molecule has 0 atom stereocenters. The molecule has 0 aliphatic heterocycles. The highest BCUT2D eigenvalue weighted by Gasteiger charge is 2.15. The van der Waals surface area contributed by atoms with Crippen molar-refractivity contribution in [3.05, 3.63) is 59.2 Å². The molecule has 0 saturated heterocycles. The van der Waals surface area contributed by atoms with Gasteiger partial charge in [0, 0.05) is 24.3 Å². The van der Waals surface area contributed by atoms with Gasteiger partial charge in [0.1, 0.15) is 0 Å². The Morgan fingerprint density at radius 3 is 2.45 bits per heavy atom. The minimum Gasteiger partial charge on any atom is -0.339 e. The number of aryl methyl sites for hydroxylation is 1. The van der Waals surface area contributed by atoms with Crippen LogP contribution in [-0.2, 0) is 4.79 Å². The van der Waals surface area contributed by atoms with Gasteiger partial charge in [-0.2, -0.15) is 4.68 Å². The SMILES string of the molecule is CCN(CC)C(=O)c1ccc(NC(=O)CSc2nnnn2-c2cccc(C)c2C)cc1. The number of nitrogens with one attached hydrogen (secondary N) is 1. The summed E-state index contributed by atoms with van der Waals surface area (Å²) in [7, 11) is 0. The zero-order chi connectivity index (χ0) is 22.4. The lowest BCUT2D eigenvalue weighted by Gasteiger charge is -2.18. The summed E-state index contributed by atoms with van der Waals surface area (Å²) in [6.07, 6.45) is 0. The highest BCUT2D eigenvalue weighted by Crippen LogP contribution is 2.22. The molecule has 0 bridgehead atoms. The maximum Gasteiger partial charge on any atom is 0.253 e. The fourth-order valence-electron chi connectivity index (χ4n) is 3.10. The van der Waals surface area contributed by atoms with Crippen molar-refractivity contribution in [2.24, 2.45) is 0 Å². The fraction of sp³-hybridized carbons (Fsp3) is 0.318. The fourth-order valence-corrected chi connectivity index (χ4v) is 3.79. The summed E-state index contributed by atoms with van der Waals surface area (Å²) in [6.45, 7) is 9.26. The predicted molar refractivity (Wildman–Crippen MR) is 122 cm³/mol. The Kier molecular flexibility index (Phi) is 7.41. The summed E-state index contributed by atoms with van der Waals surface area (Å²) >= 11 is 1.26. The van der Waals surface area contributed by atoms with Crippen LogP contribution in [0.5, 0.6) is 0 Å². The van der Waals surface area contributed by atoms with Gasteiger partial charge in [0.25, 0.3) is 5.91 Å². The standard InChI is InChI=1S/C22H26N6O2S/c1-5-27(6-2)21(30)17-10-12-18(13-11-17)23-20(29)14-31-22-24-25-26-28(22)19-9-7-8-15(3)16(19)4/h7-13H,5-6,14H2,1-4H3,(H,23,29). The predicted octanol–water partition coefficient (Wildman–Crippen LogP) is 3.49. The molecule has 0 saturated carbocycles. The number of carbonyl (C=O) groups excluding carboxylic acids is 2. The smallest absolute Gasteiger partial charge is 0.253 e. The molecule has 162 valence electrons. The van der Waals surface area contributed by atoms with E-state index in [1.807, 2.05) is 45.9 Å². The maximum absolute atomic E-state index is 12.4. The first-order chi connectivity index (χ1) is 14.9. The Hall–Kier alpha value is -3.20. The number of benzene rings is 2. The second-order valence-electron chi connectivity index (χ2n) is 6.98. The van der Waals surface area contributed by atoms with E-state index in [-0.39, 0.29) is 17.6 Å². The van der Waals surface area contributed by atoms with E-state index < -0.39 is 0 Å². The third-order valence-corrected chi connectivity index (χ3v) is 5.96. The van der Waals surface area contributed by atoms with Crippen LogP contribution in [0.4, 0.5) is 5.69 Å². The molecule has 0 aliphatic carbocycles. The van der Waals surface area contributed by atoms with Crippen molar-refractivity contribution in [3.63, 3.8) is 0 Å². The molecule has 0 spiro atoms. The van der Waals surface area contributed by atoms with Crippen LogP contribution < -0.4 is 5.32 Å². The number of hydrogen-bond donors (Lipinski definition) is 1. The normalized spacial score (nSPS) is 10.7. The van der Waals surface area contributed by atoms with Crippen LogP contribution in [0.1, 0.15) is 35.3 Å². The Morgan fingerprint density at radius 1 is 1.06 bits per heavy atom. The number of tetrazole rings is 1. The molecule has 0 fully saturated rings. The van der Waals surface area contributed by atoms with E-state index >= 15 is 0 Å². The summed E-state index contributed by atoms with van der Waals surface area (Å²) in [5.74, 6) is -0.0363. The minimum atomic E-state index is -0.177. The molecule has 1 heterocycles. The molecule has 2 amide bonds. The number of nitrogens with zero attached hydrogens (tertiary/aromatic N) is 5. The van der Waals surface area contributed by atoms with Gasteiger partial charge in [0.15, 0.2) is 0 Å². The van der Waals surface area contributed by atoms with Crippen molar-refractivity contribution in [3.8, 4) is 5.69 Å². The second-order valence-corrected chi connectivity index (χ2v) is 7.93. The van der Waals surface area contributed by atoms with Crippen molar-refractivity contribution >= 4 is 29.3 Å². The quantitative estimate of drug-likeness (QED) is 0.541. The minimum absolute atomic E-state index is 0.0169. The van der Waals surface area contributed by atoms with E-state index in [0.29, 0.717) is 29.5 Å². The van der Waals surface area contributed by atoms with E-state index in [4.69, 9.17) is 0 Å². The second kappa shape index (κ2) is 10.2. The van der Waals surface area contributed by atoms with Crippen molar-refractivity contribution in [2.45, 2.75) is 32.9 Å². The average molecular weight is 439 g/mol. The van der Waals surface area contributed by atoms with E-state index in [1.54, 1.807) is 33.8 Å². The first kappa shape index (κ1) is 22.5. The number of anilines is 1. The Bertz CT molecular complexity index is 1060. The zero-order valence-corrected chi connectivity index (χ0v) is 18.9. The van der Waals surface area contributed by atoms with Crippen LogP contribution in [0.25, 0.3) is 5.69 Å². The van der Waals surface area contributed by atoms with E-state index in [9.17, 15) is 9.59 Å². The molecular formula is C22H26N6O2S. The van der Waals surface area contributed by atoms with Gasteiger partial charge in [-0.25, -0.2) is 0 Å². The van der Waals surface area contributed by atoms with Gasteiger partial charge in [-0.15, -0.1) is 5.10 Å². The Labute approximate surface area is 186 Å². The van der Waals surface area contributed by atoms with Crippen LogP contribution in [-0.4, -0.2) is 55.8 Å². The maximum atomic E-state index is 12.4. The molecule has 1 N–H and O–H groups in total. The summed E-state index contributed by atoms with van der Waals surface area (Å²) in [6, 6.07) is 12.9. The lowest BCUT2D eigenvalue weighted by Crippen LogP contribution is -2.30. The third-order valence-electron chi connectivity index (χ3n) is 5.04. The lowest BCUT2D eigenvalue weighted by atomic mass is 10.1. The van der Waals surface area contributed by atoms with Gasteiger partial charge in [0.2, 0.25) is 11.1 Å². The number of hydrogen-bond acceptors (Lipinski definition) is 6. The number of thioether (sulfide) groups is 1. The van der Waals surface area contributed by atoms with Gasteiger partial charge in [0.05, 0.1) is 11.4 Å². The van der Waals surface area contributed by atoms with Crippen LogP contribution in [0.2, 0.25) is 0 Å². The van der Waals surface area contributed by atoms with Gasteiger partial charge in [-0.05, 0) is 79.6 Å². The molecule has 31 heavy (non-hydrogen) atoms. The van der Waals surface area contributed by atoms with Crippen LogP contribution >= 0.6 is 11.8 Å². The topological polar surface area (TPSA) is 93.0 Å². The summed E-state index contributed by atoms with van der Waals surface area (Å²) in [5.41, 5.74) is 4.35. The first-order valence-electron chi connectivity index (χ1n) is 10.1. The largest absolute Gasteiger partial charge is 0.339 e. The third kappa shape index (κ3) is 5.29. The van der Waals surface area contributed by atoms with Crippen molar-refractivity contribution in [1.82, 2.24) is 25.1 Å². The summed E-state index contributed by atoms with van der Waals surface area (Å²) < 4.78 is 1.65. The summed E-state index contributed by atoms with van der Waals surface area (Å²) in [5, 5.41) is 15.3. The molecular weight excluding hydrogens is 412 g/mol. The first-order valence-corrected chi connectivity index (χ1v) is 11.1. The molecule has 0 unspecified atom stereocenters. The highest BCUT2D eigenvalue weighted by atomic mass is 32.2. The monoisotopic (exact) mass is 438 g/mol. The van der Waals surface area contributed by atoms with Crippen LogP contribution in [0.15, 0.2) is 47.6 Å². The Balaban J connectivity index is 1.61. The Morgan fingerprint density at radius 2 is 1.77 bits per heavy atom. The number of carbonyl (C=O) groups is 2. The van der Waals surface area contributed by atoms with Gasteiger partial charge in [-0.1, -0.05) is 23.9 Å². The highest BCUT2D eigenvalue weighted by molar-refractivity contribution is 7.99. The van der Waals surface area contributed by atoms with Crippen molar-refractivity contribution in [1.29, 1.82) is 0 Å².